The molecule has 0 radical (unpaired) electrons. The number of benzene rings is 1. The predicted octanol–water partition coefficient (Wildman–Crippen LogP) is 3.06. The number of methoxy groups -OCH3 is 1. The van der Waals surface area contributed by atoms with Crippen molar-refractivity contribution in [3.05, 3.63) is 53.7 Å². The van der Waals surface area contributed by atoms with E-state index in [4.69, 9.17) is 14.9 Å². The van der Waals surface area contributed by atoms with Gasteiger partial charge in [0.25, 0.3) is 0 Å². The van der Waals surface area contributed by atoms with E-state index in [2.05, 4.69) is 9.97 Å². The molecule has 0 unspecified atom stereocenters. The van der Waals surface area contributed by atoms with Gasteiger partial charge in [-0.3, -0.25) is 4.79 Å². The summed E-state index contributed by atoms with van der Waals surface area (Å²) in [6.07, 6.45) is -0.0271. The molecule has 3 rings (SSSR count). The number of furan rings is 1. The minimum atomic E-state index is -0.478. The molecular formula is C19H19N3O3. The Balaban J connectivity index is 2.15. The van der Waals surface area contributed by atoms with Gasteiger partial charge in [0.2, 0.25) is 5.91 Å². The minimum Gasteiger partial charge on any atom is -0.497 e. The van der Waals surface area contributed by atoms with Crippen molar-refractivity contribution >= 4 is 5.91 Å². The number of hydrogen-bond acceptors (Lipinski definition) is 5. The smallest absolute Gasteiger partial charge is 0.225 e. The molecule has 1 amide bonds. The summed E-state index contributed by atoms with van der Waals surface area (Å²) in [4.78, 5) is 20.3. The average molecular weight is 337 g/mol. The number of nitrogens with two attached hydrogens (primary N) is 1. The number of rotatable bonds is 5. The molecule has 6 heteroatoms. The van der Waals surface area contributed by atoms with Gasteiger partial charge < -0.3 is 14.9 Å². The maximum absolute atomic E-state index is 11.3. The van der Waals surface area contributed by atoms with Crippen LogP contribution in [0, 0.1) is 13.8 Å². The molecule has 0 fully saturated rings. The highest BCUT2D eigenvalue weighted by Crippen LogP contribution is 2.29. The standard InChI is InChI=1S/C19H19N3O3/c1-11-7-15(12(2)25-11)17-9-16(21-19(22-17)10-18(20)23)13-5-4-6-14(8-13)24-3/h4-9H,10H2,1-3H3,(H2,20,23). The van der Waals surface area contributed by atoms with Crippen LogP contribution in [-0.4, -0.2) is 23.0 Å². The van der Waals surface area contributed by atoms with Crippen molar-refractivity contribution in [2.45, 2.75) is 20.3 Å². The zero-order valence-electron chi connectivity index (χ0n) is 14.4. The van der Waals surface area contributed by atoms with Gasteiger partial charge in [0.15, 0.2) is 0 Å². The Bertz CT molecular complexity index is 931. The summed E-state index contributed by atoms with van der Waals surface area (Å²) < 4.78 is 10.9. The first-order valence-electron chi connectivity index (χ1n) is 7.84. The molecule has 2 aromatic heterocycles. The monoisotopic (exact) mass is 337 g/mol. The Morgan fingerprint density at radius 2 is 1.92 bits per heavy atom. The summed E-state index contributed by atoms with van der Waals surface area (Å²) in [6, 6.07) is 11.3. The van der Waals surface area contributed by atoms with Crippen LogP contribution in [0.1, 0.15) is 17.3 Å². The van der Waals surface area contributed by atoms with Crippen LogP contribution in [0.2, 0.25) is 0 Å². The molecule has 0 spiro atoms. The van der Waals surface area contributed by atoms with Crippen molar-refractivity contribution in [3.63, 3.8) is 0 Å². The molecule has 0 saturated carbocycles. The lowest BCUT2D eigenvalue weighted by Crippen LogP contribution is -2.16. The van der Waals surface area contributed by atoms with E-state index in [9.17, 15) is 4.79 Å². The van der Waals surface area contributed by atoms with Crippen LogP contribution in [0.25, 0.3) is 22.5 Å². The Kier molecular flexibility index (Phi) is 4.52. The van der Waals surface area contributed by atoms with E-state index < -0.39 is 5.91 Å². The highest BCUT2D eigenvalue weighted by Gasteiger charge is 2.14. The largest absolute Gasteiger partial charge is 0.497 e. The molecule has 0 aliphatic heterocycles. The first-order valence-corrected chi connectivity index (χ1v) is 7.84. The number of carbonyl (C=O) groups is 1. The van der Waals surface area contributed by atoms with Crippen LogP contribution in [0.4, 0.5) is 0 Å². The second kappa shape index (κ2) is 6.76. The summed E-state index contributed by atoms with van der Waals surface area (Å²) in [6.45, 7) is 3.76. The van der Waals surface area contributed by atoms with E-state index >= 15 is 0 Å². The Morgan fingerprint density at radius 1 is 1.16 bits per heavy atom. The molecule has 1 aromatic carbocycles. The topological polar surface area (TPSA) is 91.2 Å². The van der Waals surface area contributed by atoms with E-state index in [0.717, 1.165) is 28.4 Å². The van der Waals surface area contributed by atoms with Gasteiger partial charge in [0, 0.05) is 11.1 Å². The lowest BCUT2D eigenvalue weighted by molar-refractivity contribution is -0.117. The van der Waals surface area contributed by atoms with Gasteiger partial charge >= 0.3 is 0 Å². The fraction of sp³-hybridized carbons (Fsp3) is 0.211. The quantitative estimate of drug-likeness (QED) is 0.772. The Morgan fingerprint density at radius 3 is 2.56 bits per heavy atom. The highest BCUT2D eigenvalue weighted by molar-refractivity contribution is 5.77. The number of amides is 1. The zero-order chi connectivity index (χ0) is 18.0. The third kappa shape index (κ3) is 3.68. The number of carbonyl (C=O) groups excluding carboxylic acids is 1. The number of nitrogens with zero attached hydrogens (tertiary/aromatic N) is 2. The van der Waals surface area contributed by atoms with Crippen LogP contribution in [0.5, 0.6) is 5.75 Å². The van der Waals surface area contributed by atoms with Crippen molar-refractivity contribution in [1.29, 1.82) is 0 Å². The summed E-state index contributed by atoms with van der Waals surface area (Å²) in [5, 5.41) is 0. The number of ether oxygens (including phenoxy) is 1. The lowest BCUT2D eigenvalue weighted by Gasteiger charge is -2.08. The molecule has 2 heterocycles. The van der Waals surface area contributed by atoms with Gasteiger partial charge in [-0.1, -0.05) is 12.1 Å². The second-order valence-electron chi connectivity index (χ2n) is 5.76. The third-order valence-corrected chi connectivity index (χ3v) is 3.79. The third-order valence-electron chi connectivity index (χ3n) is 3.79. The van der Waals surface area contributed by atoms with Crippen molar-refractivity contribution in [1.82, 2.24) is 9.97 Å². The van der Waals surface area contributed by atoms with Crippen LogP contribution in [0.15, 0.2) is 40.8 Å². The first-order chi connectivity index (χ1) is 12.0. The molecule has 0 atom stereocenters. The van der Waals surface area contributed by atoms with Crippen molar-refractivity contribution in [3.8, 4) is 28.3 Å². The van der Waals surface area contributed by atoms with Gasteiger partial charge in [-0.25, -0.2) is 9.97 Å². The normalized spacial score (nSPS) is 10.7. The van der Waals surface area contributed by atoms with Gasteiger partial charge in [0.1, 0.15) is 23.1 Å². The van der Waals surface area contributed by atoms with E-state index in [-0.39, 0.29) is 6.42 Å². The van der Waals surface area contributed by atoms with E-state index in [1.165, 1.54) is 0 Å². The summed E-state index contributed by atoms with van der Waals surface area (Å²) in [5.74, 6) is 2.18. The predicted molar refractivity (Wildman–Crippen MR) is 94.1 cm³/mol. The van der Waals surface area contributed by atoms with Gasteiger partial charge in [-0.15, -0.1) is 0 Å². The molecule has 128 valence electrons. The molecule has 3 aromatic rings. The van der Waals surface area contributed by atoms with Gasteiger partial charge in [-0.2, -0.15) is 0 Å². The fourth-order valence-corrected chi connectivity index (χ4v) is 2.69. The molecule has 2 N–H and O–H groups in total. The average Bonchev–Trinajstić information content (AvgIpc) is 2.92. The Labute approximate surface area is 145 Å². The number of aryl methyl sites for hydroxylation is 2. The van der Waals surface area contributed by atoms with Crippen LogP contribution < -0.4 is 10.5 Å². The van der Waals surface area contributed by atoms with E-state index in [1.807, 2.05) is 50.2 Å². The molecule has 0 bridgehead atoms. The van der Waals surface area contributed by atoms with Gasteiger partial charge in [0.05, 0.1) is 24.9 Å². The zero-order valence-corrected chi connectivity index (χ0v) is 14.4. The summed E-state index contributed by atoms with van der Waals surface area (Å²) >= 11 is 0. The fourth-order valence-electron chi connectivity index (χ4n) is 2.69. The van der Waals surface area contributed by atoms with Gasteiger partial charge in [-0.05, 0) is 38.1 Å². The van der Waals surface area contributed by atoms with Crippen LogP contribution in [-0.2, 0) is 11.2 Å². The number of primary amides is 1. The molecule has 25 heavy (non-hydrogen) atoms. The molecule has 6 nitrogen and oxygen atoms in total. The van der Waals surface area contributed by atoms with Crippen molar-refractivity contribution in [2.24, 2.45) is 5.73 Å². The van der Waals surface area contributed by atoms with Crippen LogP contribution in [0.3, 0.4) is 0 Å². The van der Waals surface area contributed by atoms with Crippen molar-refractivity contribution < 1.29 is 13.9 Å². The summed E-state index contributed by atoms with van der Waals surface area (Å²) in [7, 11) is 1.61. The Hall–Kier alpha value is -3.15. The number of hydrogen-bond donors (Lipinski definition) is 1. The van der Waals surface area contributed by atoms with E-state index in [1.54, 1.807) is 7.11 Å². The van der Waals surface area contributed by atoms with E-state index in [0.29, 0.717) is 17.2 Å². The summed E-state index contributed by atoms with van der Waals surface area (Å²) in [5.41, 5.74) is 8.45. The first kappa shape index (κ1) is 16.7. The maximum atomic E-state index is 11.3. The number of aromatic nitrogens is 2. The lowest BCUT2D eigenvalue weighted by atomic mass is 10.1. The highest BCUT2D eigenvalue weighted by atomic mass is 16.5. The molecule has 0 aliphatic carbocycles. The molecule has 0 saturated heterocycles. The van der Waals surface area contributed by atoms with Crippen LogP contribution >= 0.6 is 0 Å². The van der Waals surface area contributed by atoms with Crippen molar-refractivity contribution in [2.75, 3.05) is 7.11 Å². The molecular weight excluding hydrogens is 318 g/mol. The SMILES string of the molecule is COc1cccc(-c2cc(-c3cc(C)oc3C)nc(CC(N)=O)n2)c1. The molecule has 0 aliphatic rings. The minimum absolute atomic E-state index is 0.0271. The second-order valence-corrected chi connectivity index (χ2v) is 5.76. The maximum Gasteiger partial charge on any atom is 0.225 e.